The second-order valence-electron chi connectivity index (χ2n) is 5.79. The van der Waals surface area contributed by atoms with Gasteiger partial charge in [-0.25, -0.2) is 0 Å². The van der Waals surface area contributed by atoms with Gasteiger partial charge < -0.3 is 4.90 Å². The Balaban J connectivity index is 2.31. The molecular formula is C14H26N2. The molecule has 16 heavy (non-hydrogen) atoms. The lowest BCUT2D eigenvalue weighted by Crippen LogP contribution is -2.29. The van der Waals surface area contributed by atoms with E-state index in [-0.39, 0.29) is 5.41 Å². The summed E-state index contributed by atoms with van der Waals surface area (Å²) in [6.07, 6.45) is 6.42. The second-order valence-corrected chi connectivity index (χ2v) is 5.79. The van der Waals surface area contributed by atoms with Crippen molar-refractivity contribution in [2.45, 2.75) is 52.9 Å². The van der Waals surface area contributed by atoms with Crippen LogP contribution in [0.3, 0.4) is 0 Å². The zero-order valence-electron chi connectivity index (χ0n) is 11.1. The van der Waals surface area contributed by atoms with E-state index >= 15 is 0 Å². The first-order valence-electron chi connectivity index (χ1n) is 6.71. The predicted molar refractivity (Wildman–Crippen MR) is 68.1 cm³/mol. The quantitative estimate of drug-likeness (QED) is 0.728. The Kier molecular flexibility index (Phi) is 5.28. The topological polar surface area (TPSA) is 27.0 Å². The van der Waals surface area contributed by atoms with Crippen LogP contribution in [0.15, 0.2) is 0 Å². The van der Waals surface area contributed by atoms with Gasteiger partial charge in [-0.2, -0.15) is 5.26 Å². The minimum absolute atomic E-state index is 0.156. The SMILES string of the molecule is CCC1CCCN(CCC(C)(C)C#N)CC1. The molecule has 0 aromatic rings. The van der Waals surface area contributed by atoms with Crippen molar-refractivity contribution in [3.8, 4) is 6.07 Å². The molecule has 0 aromatic carbocycles. The Hall–Kier alpha value is -0.550. The molecule has 1 rings (SSSR count). The summed E-state index contributed by atoms with van der Waals surface area (Å²) < 4.78 is 0. The highest BCUT2D eigenvalue weighted by Gasteiger charge is 2.20. The smallest absolute Gasteiger partial charge is 0.0684 e. The Labute approximate surface area is 101 Å². The van der Waals surface area contributed by atoms with Gasteiger partial charge in [0.1, 0.15) is 0 Å². The minimum Gasteiger partial charge on any atom is -0.303 e. The Morgan fingerprint density at radius 1 is 1.31 bits per heavy atom. The lowest BCUT2D eigenvalue weighted by atomic mass is 9.91. The van der Waals surface area contributed by atoms with Crippen molar-refractivity contribution in [1.82, 2.24) is 4.90 Å². The first kappa shape index (κ1) is 13.5. The van der Waals surface area contributed by atoms with Crippen LogP contribution in [0.1, 0.15) is 52.9 Å². The molecule has 1 aliphatic heterocycles. The van der Waals surface area contributed by atoms with Crippen molar-refractivity contribution in [3.05, 3.63) is 0 Å². The molecule has 2 nitrogen and oxygen atoms in total. The zero-order chi connectivity index (χ0) is 12.0. The van der Waals surface area contributed by atoms with Gasteiger partial charge in [-0.15, -0.1) is 0 Å². The molecule has 1 fully saturated rings. The average molecular weight is 222 g/mol. The fraction of sp³-hybridized carbons (Fsp3) is 0.929. The molecule has 0 aromatic heterocycles. The van der Waals surface area contributed by atoms with E-state index in [0.717, 1.165) is 18.9 Å². The molecule has 0 amide bonds. The highest BCUT2D eigenvalue weighted by molar-refractivity contribution is 4.92. The van der Waals surface area contributed by atoms with Crippen LogP contribution in [-0.2, 0) is 0 Å². The lowest BCUT2D eigenvalue weighted by Gasteiger charge is -2.24. The van der Waals surface area contributed by atoms with Gasteiger partial charge in [0.2, 0.25) is 0 Å². The molecule has 0 radical (unpaired) electrons. The molecule has 0 bridgehead atoms. The van der Waals surface area contributed by atoms with Crippen LogP contribution in [-0.4, -0.2) is 24.5 Å². The van der Waals surface area contributed by atoms with Gasteiger partial charge in [0.15, 0.2) is 0 Å². The molecular weight excluding hydrogens is 196 g/mol. The summed E-state index contributed by atoms with van der Waals surface area (Å²) >= 11 is 0. The largest absolute Gasteiger partial charge is 0.303 e. The summed E-state index contributed by atoms with van der Waals surface area (Å²) in [5.41, 5.74) is -0.156. The Morgan fingerprint density at radius 3 is 2.69 bits per heavy atom. The molecule has 0 aliphatic carbocycles. The van der Waals surface area contributed by atoms with E-state index in [1.54, 1.807) is 0 Å². The molecule has 0 spiro atoms. The Bertz CT molecular complexity index is 240. The number of hydrogen-bond donors (Lipinski definition) is 0. The summed E-state index contributed by atoms with van der Waals surface area (Å²) in [5, 5.41) is 8.99. The van der Waals surface area contributed by atoms with E-state index in [9.17, 15) is 0 Å². The van der Waals surface area contributed by atoms with E-state index in [1.807, 2.05) is 13.8 Å². The fourth-order valence-electron chi connectivity index (χ4n) is 2.35. The highest BCUT2D eigenvalue weighted by atomic mass is 15.1. The highest BCUT2D eigenvalue weighted by Crippen LogP contribution is 2.23. The van der Waals surface area contributed by atoms with Gasteiger partial charge in [-0.05, 0) is 65.1 Å². The van der Waals surface area contributed by atoms with E-state index < -0.39 is 0 Å². The van der Waals surface area contributed by atoms with Crippen LogP contribution in [0, 0.1) is 22.7 Å². The molecule has 1 heterocycles. The van der Waals surface area contributed by atoms with Crippen molar-refractivity contribution < 1.29 is 0 Å². The maximum atomic E-state index is 8.99. The normalized spacial score (nSPS) is 23.8. The maximum Gasteiger partial charge on any atom is 0.0684 e. The van der Waals surface area contributed by atoms with Gasteiger partial charge in [-0.1, -0.05) is 13.3 Å². The summed E-state index contributed by atoms with van der Waals surface area (Å²) in [4.78, 5) is 2.55. The van der Waals surface area contributed by atoms with Gasteiger partial charge in [0, 0.05) is 0 Å². The van der Waals surface area contributed by atoms with Crippen LogP contribution in [0.25, 0.3) is 0 Å². The van der Waals surface area contributed by atoms with Gasteiger partial charge in [0.05, 0.1) is 11.5 Å². The van der Waals surface area contributed by atoms with E-state index in [4.69, 9.17) is 5.26 Å². The number of rotatable bonds is 4. The molecule has 0 N–H and O–H groups in total. The van der Waals surface area contributed by atoms with Crippen LogP contribution < -0.4 is 0 Å². The third kappa shape index (κ3) is 4.53. The predicted octanol–water partition coefficient (Wildman–Crippen LogP) is 3.44. The minimum atomic E-state index is -0.156. The molecule has 0 saturated carbocycles. The van der Waals surface area contributed by atoms with Gasteiger partial charge in [-0.3, -0.25) is 0 Å². The summed E-state index contributed by atoms with van der Waals surface area (Å²) in [7, 11) is 0. The first-order valence-corrected chi connectivity index (χ1v) is 6.71. The number of hydrogen-bond acceptors (Lipinski definition) is 2. The van der Waals surface area contributed by atoms with Crippen molar-refractivity contribution in [3.63, 3.8) is 0 Å². The van der Waals surface area contributed by atoms with E-state index in [1.165, 1.54) is 38.8 Å². The number of likely N-dealkylation sites (tertiary alicyclic amines) is 1. The number of nitrogens with zero attached hydrogens (tertiary/aromatic N) is 2. The maximum absolute atomic E-state index is 8.99. The van der Waals surface area contributed by atoms with Crippen LogP contribution >= 0.6 is 0 Å². The second kappa shape index (κ2) is 6.25. The summed E-state index contributed by atoms with van der Waals surface area (Å²) in [6.45, 7) is 9.95. The summed E-state index contributed by atoms with van der Waals surface area (Å²) in [5.74, 6) is 0.939. The van der Waals surface area contributed by atoms with Crippen molar-refractivity contribution >= 4 is 0 Å². The van der Waals surface area contributed by atoms with Gasteiger partial charge in [0.25, 0.3) is 0 Å². The number of nitriles is 1. The third-order valence-electron chi connectivity index (χ3n) is 3.87. The monoisotopic (exact) mass is 222 g/mol. The fourth-order valence-corrected chi connectivity index (χ4v) is 2.35. The molecule has 92 valence electrons. The first-order chi connectivity index (χ1) is 7.57. The van der Waals surface area contributed by atoms with E-state index in [0.29, 0.717) is 0 Å². The molecule has 2 heteroatoms. The average Bonchev–Trinajstić information content (AvgIpc) is 2.51. The molecule has 1 aliphatic rings. The lowest BCUT2D eigenvalue weighted by molar-refractivity contribution is 0.247. The van der Waals surface area contributed by atoms with Crippen LogP contribution in [0.4, 0.5) is 0 Å². The molecule has 1 unspecified atom stereocenters. The van der Waals surface area contributed by atoms with E-state index in [2.05, 4.69) is 17.9 Å². The van der Waals surface area contributed by atoms with Crippen molar-refractivity contribution in [1.29, 1.82) is 5.26 Å². The third-order valence-corrected chi connectivity index (χ3v) is 3.87. The van der Waals surface area contributed by atoms with Crippen LogP contribution in [0.5, 0.6) is 0 Å². The van der Waals surface area contributed by atoms with Crippen LogP contribution in [0.2, 0.25) is 0 Å². The standard InChI is InChI=1S/C14H26N2/c1-4-13-6-5-9-16(10-7-13)11-8-14(2,3)12-15/h13H,4-11H2,1-3H3. The van der Waals surface area contributed by atoms with Crippen molar-refractivity contribution in [2.75, 3.05) is 19.6 Å². The van der Waals surface area contributed by atoms with Gasteiger partial charge >= 0.3 is 0 Å². The molecule has 1 atom stereocenters. The zero-order valence-corrected chi connectivity index (χ0v) is 11.1. The summed E-state index contributed by atoms with van der Waals surface area (Å²) in [6, 6.07) is 2.39. The molecule has 1 saturated heterocycles. The Morgan fingerprint density at radius 2 is 2.06 bits per heavy atom. The van der Waals surface area contributed by atoms with Crippen molar-refractivity contribution in [2.24, 2.45) is 11.3 Å².